The number of Topliss-reactive ketones (excluding diaryl/α,β-unsaturated/α-hetero) is 1. The lowest BCUT2D eigenvalue weighted by atomic mass is 9.93. The highest BCUT2D eigenvalue weighted by Gasteiger charge is 2.45. The molecule has 6 nitrogen and oxygen atoms in total. The highest BCUT2D eigenvalue weighted by Crippen LogP contribution is 2.40. The smallest absolute Gasteiger partial charge is 0.295 e. The van der Waals surface area contributed by atoms with E-state index in [1.54, 1.807) is 30.2 Å². The first kappa shape index (κ1) is 22.6. The molecule has 2 aromatic carbocycles. The second-order valence-corrected chi connectivity index (χ2v) is 8.39. The van der Waals surface area contributed by atoms with E-state index in [2.05, 4.69) is 14.1 Å². The number of ketones is 1. The largest absolute Gasteiger partial charge is 0.507 e. The van der Waals surface area contributed by atoms with Gasteiger partial charge in [0.2, 0.25) is 0 Å². The topological polar surface area (TPSA) is 71.3 Å². The van der Waals surface area contributed by atoms with E-state index < -0.39 is 17.7 Å². The number of methoxy groups -OCH3 is 1. The van der Waals surface area contributed by atoms with E-state index in [-0.39, 0.29) is 11.3 Å². The van der Waals surface area contributed by atoms with Crippen LogP contribution in [-0.4, -0.2) is 56.0 Å². The molecule has 1 aliphatic heterocycles. The van der Waals surface area contributed by atoms with Gasteiger partial charge in [0.15, 0.2) is 0 Å². The van der Waals surface area contributed by atoms with Gasteiger partial charge in [-0.3, -0.25) is 9.59 Å². The van der Waals surface area contributed by atoms with E-state index >= 15 is 0 Å². The zero-order valence-electron chi connectivity index (χ0n) is 18.9. The maximum Gasteiger partial charge on any atom is 0.295 e. The lowest BCUT2D eigenvalue weighted by molar-refractivity contribution is -0.858. The van der Waals surface area contributed by atoms with Crippen molar-refractivity contribution in [2.75, 3.05) is 34.3 Å². The van der Waals surface area contributed by atoms with Gasteiger partial charge in [-0.25, -0.2) is 0 Å². The first-order valence-electron chi connectivity index (χ1n) is 10.5. The maximum absolute atomic E-state index is 13.1. The average Bonchev–Trinajstić information content (AvgIpc) is 2.98. The molecule has 2 aromatic rings. The third-order valence-corrected chi connectivity index (χ3v) is 5.70. The van der Waals surface area contributed by atoms with Crippen LogP contribution < -0.4 is 9.64 Å². The fraction of sp³-hybridized carbons (Fsp3) is 0.360. The Hall–Kier alpha value is -3.12. The van der Waals surface area contributed by atoms with Crippen LogP contribution in [0.15, 0.2) is 48.0 Å². The van der Waals surface area contributed by atoms with Gasteiger partial charge in [-0.1, -0.05) is 29.8 Å². The summed E-state index contributed by atoms with van der Waals surface area (Å²) in [5.74, 6) is -0.692. The van der Waals surface area contributed by atoms with Crippen LogP contribution in [0.4, 0.5) is 0 Å². The third kappa shape index (κ3) is 4.64. The number of aliphatic hydroxyl groups excluding tert-OH is 1. The van der Waals surface area contributed by atoms with Crippen molar-refractivity contribution in [3.8, 4) is 5.75 Å². The lowest BCUT2D eigenvalue weighted by Crippen LogP contribution is -3.05. The molecule has 3 rings (SSSR count). The minimum absolute atomic E-state index is 0.138. The fourth-order valence-electron chi connectivity index (χ4n) is 3.98. The second-order valence-electron chi connectivity index (χ2n) is 8.39. The molecule has 0 radical (unpaired) electrons. The third-order valence-electron chi connectivity index (χ3n) is 5.70. The van der Waals surface area contributed by atoms with Gasteiger partial charge in [-0.2, -0.15) is 0 Å². The molecule has 1 atom stereocenters. The molecule has 0 bridgehead atoms. The van der Waals surface area contributed by atoms with Crippen LogP contribution in [0.5, 0.6) is 5.75 Å². The molecule has 0 unspecified atom stereocenters. The van der Waals surface area contributed by atoms with Crippen molar-refractivity contribution in [2.24, 2.45) is 0 Å². The zero-order chi connectivity index (χ0) is 22.7. The molecule has 0 spiro atoms. The Morgan fingerprint density at radius 3 is 2.35 bits per heavy atom. The van der Waals surface area contributed by atoms with Gasteiger partial charge in [0.1, 0.15) is 11.5 Å². The number of aryl methyl sites for hydroxylation is 2. The lowest BCUT2D eigenvalue weighted by Gasteiger charge is -2.25. The summed E-state index contributed by atoms with van der Waals surface area (Å²) < 4.78 is 5.25. The summed E-state index contributed by atoms with van der Waals surface area (Å²) in [6.45, 7) is 5.16. The second kappa shape index (κ2) is 9.35. The Labute approximate surface area is 183 Å². The normalized spacial score (nSPS) is 18.1. The van der Waals surface area contributed by atoms with Crippen molar-refractivity contribution >= 4 is 17.4 Å². The first-order chi connectivity index (χ1) is 14.7. The molecule has 0 aliphatic carbocycles. The number of benzene rings is 2. The van der Waals surface area contributed by atoms with Crippen LogP contribution in [0.1, 0.15) is 34.7 Å². The highest BCUT2D eigenvalue weighted by molar-refractivity contribution is 6.46. The number of aliphatic hydroxyl groups is 1. The van der Waals surface area contributed by atoms with E-state index in [0.29, 0.717) is 17.9 Å². The Morgan fingerprint density at radius 2 is 1.77 bits per heavy atom. The molecule has 1 fully saturated rings. The molecule has 1 heterocycles. The minimum Gasteiger partial charge on any atom is -0.507 e. The van der Waals surface area contributed by atoms with E-state index in [9.17, 15) is 14.7 Å². The molecule has 2 N–H and O–H groups in total. The number of likely N-dealkylation sites (tertiary alicyclic amines) is 1. The predicted octanol–water partition coefficient (Wildman–Crippen LogP) is 2.27. The number of nitrogens with zero attached hydrogens (tertiary/aromatic N) is 1. The van der Waals surface area contributed by atoms with Crippen molar-refractivity contribution in [1.29, 1.82) is 0 Å². The molecule has 0 saturated carbocycles. The molecular weight excluding hydrogens is 392 g/mol. The van der Waals surface area contributed by atoms with Crippen molar-refractivity contribution in [3.63, 3.8) is 0 Å². The number of amides is 1. The molecule has 0 aromatic heterocycles. The molecule has 1 aliphatic rings. The average molecular weight is 424 g/mol. The number of carbonyl (C=O) groups excluding carboxylic acids is 2. The summed E-state index contributed by atoms with van der Waals surface area (Å²) in [7, 11) is 5.68. The number of ether oxygens (including phenoxy) is 1. The molecule has 1 saturated heterocycles. The van der Waals surface area contributed by atoms with Crippen LogP contribution >= 0.6 is 0 Å². The number of hydrogen-bond acceptors (Lipinski definition) is 4. The van der Waals surface area contributed by atoms with Crippen LogP contribution in [0, 0.1) is 13.8 Å². The Morgan fingerprint density at radius 1 is 1.10 bits per heavy atom. The minimum atomic E-state index is -0.643. The molecular formula is C25H31N2O4+. The summed E-state index contributed by atoms with van der Waals surface area (Å²) in [5, 5.41) is 11.2. The zero-order valence-corrected chi connectivity index (χ0v) is 18.9. The van der Waals surface area contributed by atoms with E-state index in [4.69, 9.17) is 4.74 Å². The van der Waals surface area contributed by atoms with Crippen molar-refractivity contribution in [1.82, 2.24) is 4.90 Å². The Balaban J connectivity index is 2.11. The van der Waals surface area contributed by atoms with Gasteiger partial charge < -0.3 is 19.6 Å². The van der Waals surface area contributed by atoms with Crippen LogP contribution in [0.2, 0.25) is 0 Å². The summed E-state index contributed by atoms with van der Waals surface area (Å²) in [4.78, 5) is 28.9. The Bertz CT molecular complexity index is 1010. The van der Waals surface area contributed by atoms with E-state index in [1.165, 1.54) is 4.90 Å². The number of carbonyl (C=O) groups is 2. The van der Waals surface area contributed by atoms with Gasteiger partial charge in [0, 0.05) is 18.5 Å². The maximum atomic E-state index is 13.1. The van der Waals surface area contributed by atoms with Crippen molar-refractivity contribution < 1.29 is 24.3 Å². The molecule has 164 valence electrons. The van der Waals surface area contributed by atoms with Gasteiger partial charge in [-0.15, -0.1) is 0 Å². The van der Waals surface area contributed by atoms with Crippen molar-refractivity contribution in [2.45, 2.75) is 26.3 Å². The van der Waals surface area contributed by atoms with Crippen molar-refractivity contribution in [3.05, 3.63) is 70.3 Å². The quantitative estimate of drug-likeness (QED) is 0.407. The molecule has 1 amide bonds. The van der Waals surface area contributed by atoms with Gasteiger partial charge in [0.05, 0.1) is 39.4 Å². The number of quaternary nitrogens is 1. The fourth-order valence-corrected chi connectivity index (χ4v) is 3.98. The monoisotopic (exact) mass is 423 g/mol. The molecule has 6 heteroatoms. The number of nitrogens with one attached hydrogen (secondary N) is 1. The van der Waals surface area contributed by atoms with E-state index in [1.807, 2.05) is 38.1 Å². The standard InChI is InChI=1S/C25H30N2O4/c1-16-7-9-18(10-8-16)22-21(23(28)20-12-11-19(31-5)15-17(20)2)24(29)25(30)27(22)14-6-13-26(3)4/h7-12,15,22,28H,6,13-14H2,1-5H3/p+1/b23-21+/t22-/m1/s1. The van der Waals surface area contributed by atoms with Crippen LogP contribution in [0.3, 0.4) is 0 Å². The highest BCUT2D eigenvalue weighted by atomic mass is 16.5. The van der Waals surface area contributed by atoms with Gasteiger partial charge >= 0.3 is 0 Å². The summed E-state index contributed by atoms with van der Waals surface area (Å²) in [6, 6.07) is 12.4. The summed E-state index contributed by atoms with van der Waals surface area (Å²) in [6.07, 6.45) is 0.763. The summed E-state index contributed by atoms with van der Waals surface area (Å²) in [5.41, 5.74) is 3.33. The van der Waals surface area contributed by atoms with Gasteiger partial charge in [0.25, 0.3) is 11.7 Å². The number of rotatable bonds is 7. The van der Waals surface area contributed by atoms with E-state index in [0.717, 1.165) is 29.7 Å². The first-order valence-corrected chi connectivity index (χ1v) is 10.5. The van der Waals surface area contributed by atoms with Crippen LogP contribution in [-0.2, 0) is 9.59 Å². The van der Waals surface area contributed by atoms with Crippen LogP contribution in [0.25, 0.3) is 5.76 Å². The predicted molar refractivity (Wildman–Crippen MR) is 120 cm³/mol. The van der Waals surface area contributed by atoms with Gasteiger partial charge in [-0.05, 0) is 43.2 Å². The number of hydrogen-bond donors (Lipinski definition) is 2. The molecule has 31 heavy (non-hydrogen) atoms. The summed E-state index contributed by atoms with van der Waals surface area (Å²) >= 11 is 0. The SMILES string of the molecule is COc1ccc(/C(O)=C2\C(=O)C(=O)N(CCC[NH+](C)C)[C@@H]2c2ccc(C)cc2)c(C)c1. The Kier molecular flexibility index (Phi) is 6.81.